The monoisotopic (exact) mass is 324 g/mol. The van der Waals surface area contributed by atoms with Gasteiger partial charge in [0.1, 0.15) is 5.75 Å². The summed E-state index contributed by atoms with van der Waals surface area (Å²) >= 11 is 12.1. The van der Waals surface area contributed by atoms with Crippen molar-refractivity contribution in [1.29, 1.82) is 0 Å². The highest BCUT2D eigenvalue weighted by Crippen LogP contribution is 2.28. The smallest absolute Gasteiger partial charge is 0.258 e. The number of halogens is 2. The average molecular weight is 325 g/mol. The lowest BCUT2D eigenvalue weighted by atomic mass is 10.2. The van der Waals surface area contributed by atoms with Gasteiger partial charge >= 0.3 is 0 Å². The Bertz CT molecular complexity index is 647. The number of anilines is 1. The fourth-order valence-electron chi connectivity index (χ4n) is 1.65. The predicted molar refractivity (Wildman–Crippen MR) is 84.4 cm³/mol. The van der Waals surface area contributed by atoms with Crippen LogP contribution in [0.5, 0.6) is 5.75 Å². The first-order valence-electron chi connectivity index (χ1n) is 6.45. The van der Waals surface area contributed by atoms with Crippen molar-refractivity contribution in [3.8, 4) is 5.75 Å². The van der Waals surface area contributed by atoms with Crippen molar-refractivity contribution in [2.45, 2.75) is 13.3 Å². The SMILES string of the molecule is CCCOc1ccc(NC(=O)c2cnccc2Cl)cc1Cl. The molecule has 1 N–H and O–H groups in total. The van der Waals surface area contributed by atoms with Crippen LogP contribution < -0.4 is 10.1 Å². The van der Waals surface area contributed by atoms with Gasteiger partial charge in [0.05, 0.1) is 22.2 Å². The quantitative estimate of drug-likeness (QED) is 0.885. The molecule has 2 aromatic rings. The molecule has 6 heteroatoms. The van der Waals surface area contributed by atoms with Gasteiger partial charge in [-0.2, -0.15) is 0 Å². The molecular weight excluding hydrogens is 311 g/mol. The largest absolute Gasteiger partial charge is 0.492 e. The lowest BCUT2D eigenvalue weighted by Crippen LogP contribution is -2.12. The molecule has 0 aliphatic heterocycles. The summed E-state index contributed by atoms with van der Waals surface area (Å²) in [6, 6.07) is 6.64. The summed E-state index contributed by atoms with van der Waals surface area (Å²) in [5.41, 5.74) is 0.871. The highest BCUT2D eigenvalue weighted by atomic mass is 35.5. The molecule has 1 heterocycles. The first-order chi connectivity index (χ1) is 10.1. The number of hydrogen-bond acceptors (Lipinski definition) is 3. The van der Waals surface area contributed by atoms with E-state index < -0.39 is 0 Å². The number of benzene rings is 1. The number of nitrogens with zero attached hydrogens (tertiary/aromatic N) is 1. The van der Waals surface area contributed by atoms with Gasteiger partial charge in [0.2, 0.25) is 0 Å². The number of pyridine rings is 1. The molecule has 1 aromatic heterocycles. The second-order valence-electron chi connectivity index (χ2n) is 4.30. The summed E-state index contributed by atoms with van der Waals surface area (Å²) in [6.07, 6.45) is 3.84. The zero-order chi connectivity index (χ0) is 15.2. The Morgan fingerprint density at radius 3 is 2.76 bits per heavy atom. The van der Waals surface area contributed by atoms with Gasteiger partial charge in [0.15, 0.2) is 0 Å². The fraction of sp³-hybridized carbons (Fsp3) is 0.200. The van der Waals surface area contributed by atoms with Crippen molar-refractivity contribution < 1.29 is 9.53 Å². The Balaban J connectivity index is 2.11. The summed E-state index contributed by atoms with van der Waals surface area (Å²) in [5.74, 6) is 0.252. The van der Waals surface area contributed by atoms with E-state index in [4.69, 9.17) is 27.9 Å². The maximum absolute atomic E-state index is 12.1. The molecule has 0 saturated carbocycles. The molecule has 0 fully saturated rings. The van der Waals surface area contributed by atoms with Crippen molar-refractivity contribution in [2.24, 2.45) is 0 Å². The van der Waals surface area contributed by atoms with Crippen LogP contribution in [-0.2, 0) is 0 Å². The van der Waals surface area contributed by atoms with Crippen molar-refractivity contribution >= 4 is 34.8 Å². The van der Waals surface area contributed by atoms with Gasteiger partial charge in [-0.15, -0.1) is 0 Å². The van der Waals surface area contributed by atoms with E-state index in [1.54, 1.807) is 24.3 Å². The minimum absolute atomic E-state index is 0.307. The third-order valence-electron chi connectivity index (χ3n) is 2.66. The molecule has 1 aromatic carbocycles. The molecule has 0 atom stereocenters. The number of carbonyl (C=O) groups is 1. The van der Waals surface area contributed by atoms with Crippen molar-refractivity contribution in [1.82, 2.24) is 4.98 Å². The molecule has 0 aliphatic carbocycles. The van der Waals surface area contributed by atoms with E-state index in [0.29, 0.717) is 33.7 Å². The fourth-order valence-corrected chi connectivity index (χ4v) is 2.08. The summed E-state index contributed by atoms with van der Waals surface area (Å²) < 4.78 is 5.47. The van der Waals surface area contributed by atoms with E-state index in [0.717, 1.165) is 6.42 Å². The minimum atomic E-state index is -0.341. The number of ether oxygens (including phenoxy) is 1. The van der Waals surface area contributed by atoms with Crippen LogP contribution in [0.1, 0.15) is 23.7 Å². The van der Waals surface area contributed by atoms with Gasteiger partial charge in [-0.25, -0.2) is 0 Å². The van der Waals surface area contributed by atoms with Crippen LogP contribution >= 0.6 is 23.2 Å². The lowest BCUT2D eigenvalue weighted by Gasteiger charge is -2.10. The highest BCUT2D eigenvalue weighted by molar-refractivity contribution is 6.34. The van der Waals surface area contributed by atoms with Gasteiger partial charge in [-0.05, 0) is 30.7 Å². The van der Waals surface area contributed by atoms with Gasteiger partial charge in [-0.3, -0.25) is 9.78 Å². The Kier molecular flexibility index (Phi) is 5.42. The van der Waals surface area contributed by atoms with Crippen molar-refractivity contribution in [2.75, 3.05) is 11.9 Å². The molecule has 4 nitrogen and oxygen atoms in total. The van der Waals surface area contributed by atoms with Crippen LogP contribution in [0.2, 0.25) is 10.0 Å². The van der Waals surface area contributed by atoms with Crippen molar-refractivity contribution in [3.63, 3.8) is 0 Å². The normalized spacial score (nSPS) is 10.2. The number of amides is 1. The Labute approximate surface area is 133 Å². The molecule has 2 rings (SSSR count). The molecule has 0 radical (unpaired) electrons. The maximum atomic E-state index is 12.1. The first kappa shape index (κ1) is 15.6. The highest BCUT2D eigenvalue weighted by Gasteiger charge is 2.11. The van der Waals surface area contributed by atoms with Gasteiger partial charge in [0.25, 0.3) is 5.91 Å². The minimum Gasteiger partial charge on any atom is -0.492 e. The predicted octanol–water partition coefficient (Wildman–Crippen LogP) is 4.43. The summed E-state index contributed by atoms with van der Waals surface area (Å²) in [4.78, 5) is 16.0. The third kappa shape index (κ3) is 4.09. The lowest BCUT2D eigenvalue weighted by molar-refractivity contribution is 0.102. The van der Waals surface area contributed by atoms with Gasteiger partial charge in [-0.1, -0.05) is 30.1 Å². The molecule has 21 heavy (non-hydrogen) atoms. The summed E-state index contributed by atoms with van der Waals surface area (Å²) in [7, 11) is 0. The second-order valence-corrected chi connectivity index (χ2v) is 5.12. The molecule has 110 valence electrons. The van der Waals surface area contributed by atoms with Crippen LogP contribution in [0.25, 0.3) is 0 Å². The zero-order valence-electron chi connectivity index (χ0n) is 11.4. The van der Waals surface area contributed by atoms with Crippen LogP contribution in [0, 0.1) is 0 Å². The standard InChI is InChI=1S/C15H14Cl2N2O2/c1-2-7-21-14-4-3-10(8-13(14)17)19-15(20)11-9-18-6-5-12(11)16/h3-6,8-9H,2,7H2,1H3,(H,19,20). The molecule has 0 unspecified atom stereocenters. The van der Waals surface area contributed by atoms with E-state index in [1.807, 2.05) is 6.92 Å². The van der Waals surface area contributed by atoms with E-state index in [9.17, 15) is 4.79 Å². The summed E-state index contributed by atoms with van der Waals surface area (Å²) in [5, 5.41) is 3.51. The number of aromatic nitrogens is 1. The van der Waals surface area contributed by atoms with Gasteiger partial charge < -0.3 is 10.1 Å². The second kappa shape index (κ2) is 7.29. The van der Waals surface area contributed by atoms with E-state index in [1.165, 1.54) is 12.4 Å². The number of rotatable bonds is 5. The Morgan fingerprint density at radius 2 is 2.10 bits per heavy atom. The van der Waals surface area contributed by atoms with E-state index in [2.05, 4.69) is 10.3 Å². The number of hydrogen-bond donors (Lipinski definition) is 1. The van der Waals surface area contributed by atoms with Crippen molar-refractivity contribution in [3.05, 3.63) is 52.3 Å². The number of carbonyl (C=O) groups excluding carboxylic acids is 1. The molecule has 0 spiro atoms. The van der Waals surface area contributed by atoms with E-state index in [-0.39, 0.29) is 5.91 Å². The average Bonchev–Trinajstić information content (AvgIpc) is 2.47. The molecule has 0 saturated heterocycles. The molecule has 0 bridgehead atoms. The molecule has 1 amide bonds. The molecular formula is C15H14Cl2N2O2. The first-order valence-corrected chi connectivity index (χ1v) is 7.20. The maximum Gasteiger partial charge on any atom is 0.258 e. The topological polar surface area (TPSA) is 51.2 Å². The van der Waals surface area contributed by atoms with Crippen LogP contribution in [0.15, 0.2) is 36.7 Å². The number of nitrogens with one attached hydrogen (secondary N) is 1. The zero-order valence-corrected chi connectivity index (χ0v) is 12.9. The Morgan fingerprint density at radius 1 is 1.29 bits per heavy atom. The van der Waals surface area contributed by atoms with Crippen LogP contribution in [-0.4, -0.2) is 17.5 Å². The van der Waals surface area contributed by atoms with Gasteiger partial charge in [0, 0.05) is 18.1 Å². The summed E-state index contributed by atoms with van der Waals surface area (Å²) in [6.45, 7) is 2.61. The third-order valence-corrected chi connectivity index (χ3v) is 3.29. The Hall–Kier alpha value is -1.78. The van der Waals surface area contributed by atoms with E-state index >= 15 is 0 Å². The van der Waals surface area contributed by atoms with Crippen LogP contribution in [0.4, 0.5) is 5.69 Å². The van der Waals surface area contributed by atoms with Crippen LogP contribution in [0.3, 0.4) is 0 Å². The molecule has 0 aliphatic rings.